The highest BCUT2D eigenvalue weighted by Crippen LogP contribution is 2.24. The van der Waals surface area contributed by atoms with Crippen LogP contribution in [0, 0.1) is 11.6 Å². The predicted octanol–water partition coefficient (Wildman–Crippen LogP) is 3.73. The second kappa shape index (κ2) is 9.74. The fourth-order valence-electron chi connectivity index (χ4n) is 3.30. The Morgan fingerprint density at radius 1 is 1.16 bits per heavy atom. The lowest BCUT2D eigenvalue weighted by molar-refractivity contribution is 0.0588. The van der Waals surface area contributed by atoms with Gasteiger partial charge in [-0.15, -0.1) is 0 Å². The first-order chi connectivity index (χ1) is 14.7. The van der Waals surface area contributed by atoms with Crippen LogP contribution in [-0.2, 0) is 10.0 Å². The molecule has 6 nitrogen and oxygen atoms in total. The Bertz CT molecular complexity index is 1020. The number of sulfonamides is 1. The van der Waals surface area contributed by atoms with Gasteiger partial charge in [-0.05, 0) is 49.7 Å². The monoisotopic (exact) mass is 452 g/mol. The zero-order valence-electron chi connectivity index (χ0n) is 17.5. The molecular weight excluding hydrogens is 426 g/mol. The topological polar surface area (TPSA) is 75.7 Å². The summed E-state index contributed by atoms with van der Waals surface area (Å²) in [4.78, 5) is 14.5. The maximum atomic E-state index is 13.8. The highest BCUT2D eigenvalue weighted by molar-refractivity contribution is 7.89. The van der Waals surface area contributed by atoms with E-state index in [9.17, 15) is 22.0 Å². The molecule has 1 amide bonds. The number of hydrogen-bond donors (Lipinski definition) is 1. The maximum Gasteiger partial charge on any atom is 0.253 e. The molecule has 0 spiro atoms. The summed E-state index contributed by atoms with van der Waals surface area (Å²) in [6, 6.07) is 8.84. The van der Waals surface area contributed by atoms with Crippen molar-refractivity contribution in [2.45, 2.75) is 50.2 Å². The Hall–Kier alpha value is -2.52. The van der Waals surface area contributed by atoms with Crippen molar-refractivity contribution in [3.63, 3.8) is 0 Å². The van der Waals surface area contributed by atoms with Crippen LogP contribution in [0.2, 0.25) is 0 Å². The molecule has 1 N–H and O–H groups in total. The molecule has 0 aliphatic carbocycles. The summed E-state index contributed by atoms with van der Waals surface area (Å²) < 4.78 is 59.7. The van der Waals surface area contributed by atoms with Gasteiger partial charge in [-0.1, -0.05) is 6.92 Å². The third kappa shape index (κ3) is 5.80. The summed E-state index contributed by atoms with van der Waals surface area (Å²) in [5.74, 6) is -1.63. The minimum absolute atomic E-state index is 0.00558. The molecule has 1 atom stereocenters. The highest BCUT2D eigenvalue weighted by Gasteiger charge is 2.26. The van der Waals surface area contributed by atoms with Gasteiger partial charge in [-0.2, -0.15) is 0 Å². The number of hydrogen-bond acceptors (Lipinski definition) is 4. The fraction of sp³-hybridized carbons (Fsp3) is 0.409. The highest BCUT2D eigenvalue weighted by atomic mass is 32.2. The van der Waals surface area contributed by atoms with Crippen LogP contribution in [0.4, 0.5) is 8.78 Å². The van der Waals surface area contributed by atoms with Crippen LogP contribution >= 0.6 is 0 Å². The van der Waals surface area contributed by atoms with E-state index in [1.165, 1.54) is 30.3 Å². The van der Waals surface area contributed by atoms with Crippen molar-refractivity contribution in [1.29, 1.82) is 0 Å². The Morgan fingerprint density at radius 3 is 2.39 bits per heavy atom. The number of carbonyl (C=O) groups is 1. The number of nitrogens with zero attached hydrogens (tertiary/aromatic N) is 1. The summed E-state index contributed by atoms with van der Waals surface area (Å²) in [6.45, 7) is 4.51. The van der Waals surface area contributed by atoms with Crippen LogP contribution in [0.3, 0.4) is 0 Å². The predicted molar refractivity (Wildman–Crippen MR) is 112 cm³/mol. The molecule has 1 heterocycles. The first kappa shape index (κ1) is 23.1. The molecule has 1 saturated heterocycles. The van der Waals surface area contributed by atoms with E-state index in [2.05, 4.69) is 4.72 Å². The van der Waals surface area contributed by atoms with Gasteiger partial charge in [0, 0.05) is 43.6 Å². The molecule has 168 valence electrons. The normalized spacial score (nSPS) is 16.2. The molecule has 1 aliphatic rings. The Balaban J connectivity index is 1.58. The number of likely N-dealkylation sites (tertiary alicyclic amines) is 1. The van der Waals surface area contributed by atoms with Crippen LogP contribution in [0.1, 0.15) is 43.5 Å². The van der Waals surface area contributed by atoms with Crippen molar-refractivity contribution in [3.05, 3.63) is 59.7 Å². The van der Waals surface area contributed by atoms with Crippen molar-refractivity contribution in [2.75, 3.05) is 13.1 Å². The summed E-state index contributed by atoms with van der Waals surface area (Å²) in [6.07, 6.45) is 1.41. The lowest BCUT2D eigenvalue weighted by atomic mass is 10.1. The van der Waals surface area contributed by atoms with Gasteiger partial charge in [-0.25, -0.2) is 21.9 Å². The second-order valence-corrected chi connectivity index (χ2v) is 9.35. The molecule has 2 aromatic rings. The summed E-state index contributed by atoms with van der Waals surface area (Å²) in [5.41, 5.74) is 0.395. The minimum Gasteiger partial charge on any atom is -0.487 e. The molecular formula is C22H26F2N2O4S. The Morgan fingerprint density at radius 2 is 1.81 bits per heavy atom. The molecule has 1 fully saturated rings. The average molecular weight is 453 g/mol. The number of amides is 1. The zero-order chi connectivity index (χ0) is 22.6. The van der Waals surface area contributed by atoms with Crippen molar-refractivity contribution in [2.24, 2.45) is 0 Å². The lowest BCUT2D eigenvalue weighted by Gasteiger charge is -2.32. The number of rotatable bonds is 7. The molecule has 0 aromatic heterocycles. The van der Waals surface area contributed by atoms with Crippen molar-refractivity contribution in [1.82, 2.24) is 9.62 Å². The van der Waals surface area contributed by atoms with Gasteiger partial charge in [0.15, 0.2) is 11.6 Å². The third-order valence-electron chi connectivity index (χ3n) is 5.30. The van der Waals surface area contributed by atoms with E-state index in [0.29, 0.717) is 37.9 Å². The van der Waals surface area contributed by atoms with E-state index in [1.807, 2.05) is 6.92 Å². The van der Waals surface area contributed by atoms with Crippen LogP contribution < -0.4 is 9.46 Å². The van der Waals surface area contributed by atoms with E-state index < -0.39 is 21.7 Å². The summed E-state index contributed by atoms with van der Waals surface area (Å²) in [5, 5.41) is 0. The van der Waals surface area contributed by atoms with Gasteiger partial charge in [0.25, 0.3) is 5.91 Å². The van der Waals surface area contributed by atoms with Gasteiger partial charge in [-0.3, -0.25) is 4.79 Å². The Labute approximate surface area is 181 Å². The molecule has 0 radical (unpaired) electrons. The maximum absolute atomic E-state index is 13.8. The quantitative estimate of drug-likeness (QED) is 0.695. The first-order valence-corrected chi connectivity index (χ1v) is 11.7. The number of piperidine rings is 1. The van der Waals surface area contributed by atoms with Gasteiger partial charge >= 0.3 is 0 Å². The van der Waals surface area contributed by atoms with Crippen LogP contribution in [-0.4, -0.2) is 44.5 Å². The standard InChI is InChI=1S/C22H26F2N2O4S/c1-3-15(2)25-31(28,29)19-7-4-16(5-8-19)22(27)26-12-10-18(11-13-26)30-21-9-6-17(23)14-20(21)24/h4-9,14-15,18,25H,3,10-13H2,1-2H3. The molecule has 0 bridgehead atoms. The number of ether oxygens (including phenoxy) is 1. The van der Waals surface area contributed by atoms with Crippen LogP contribution in [0.5, 0.6) is 5.75 Å². The van der Waals surface area contributed by atoms with Crippen LogP contribution in [0.25, 0.3) is 0 Å². The van der Waals surface area contributed by atoms with E-state index >= 15 is 0 Å². The molecule has 2 aromatic carbocycles. The van der Waals surface area contributed by atoms with Crippen molar-refractivity contribution < 1.29 is 26.7 Å². The van der Waals surface area contributed by atoms with Crippen LogP contribution in [0.15, 0.2) is 47.4 Å². The van der Waals surface area contributed by atoms with Gasteiger partial charge in [0.2, 0.25) is 10.0 Å². The van der Waals surface area contributed by atoms with E-state index in [0.717, 1.165) is 12.1 Å². The number of nitrogens with one attached hydrogen (secondary N) is 1. The average Bonchev–Trinajstić information content (AvgIpc) is 2.75. The first-order valence-electron chi connectivity index (χ1n) is 10.2. The zero-order valence-corrected chi connectivity index (χ0v) is 18.3. The smallest absolute Gasteiger partial charge is 0.253 e. The minimum atomic E-state index is -3.63. The van der Waals surface area contributed by atoms with Crippen molar-refractivity contribution in [3.8, 4) is 5.75 Å². The summed E-state index contributed by atoms with van der Waals surface area (Å²) in [7, 11) is -3.63. The number of halogens is 2. The van der Waals surface area contributed by atoms with Gasteiger partial charge in [0.1, 0.15) is 11.9 Å². The lowest BCUT2D eigenvalue weighted by Crippen LogP contribution is -2.41. The number of carbonyl (C=O) groups excluding carboxylic acids is 1. The van der Waals surface area contributed by atoms with Gasteiger partial charge in [0.05, 0.1) is 4.90 Å². The largest absolute Gasteiger partial charge is 0.487 e. The second-order valence-electron chi connectivity index (χ2n) is 7.64. The molecule has 1 aliphatic heterocycles. The molecule has 31 heavy (non-hydrogen) atoms. The third-order valence-corrected chi connectivity index (χ3v) is 6.90. The SMILES string of the molecule is CCC(C)NS(=O)(=O)c1ccc(C(=O)N2CCC(Oc3ccc(F)cc3F)CC2)cc1. The van der Waals surface area contributed by atoms with Gasteiger partial charge < -0.3 is 9.64 Å². The van der Waals surface area contributed by atoms with Crippen molar-refractivity contribution >= 4 is 15.9 Å². The molecule has 1 unspecified atom stereocenters. The van der Waals surface area contributed by atoms with E-state index in [-0.39, 0.29) is 28.7 Å². The van der Waals surface area contributed by atoms with E-state index in [4.69, 9.17) is 4.74 Å². The summed E-state index contributed by atoms with van der Waals surface area (Å²) >= 11 is 0. The van der Waals surface area contributed by atoms with E-state index in [1.54, 1.807) is 11.8 Å². The fourth-order valence-corrected chi connectivity index (χ4v) is 4.63. The Kier molecular flexibility index (Phi) is 7.27. The molecule has 9 heteroatoms. The molecule has 3 rings (SSSR count). The molecule has 0 saturated carbocycles. The number of benzene rings is 2.